The van der Waals surface area contributed by atoms with Crippen LogP contribution in [-0.4, -0.2) is 26.1 Å². The third kappa shape index (κ3) is 4.01. The normalized spacial score (nSPS) is 10.3. The van der Waals surface area contributed by atoms with Gasteiger partial charge in [-0.05, 0) is 36.8 Å². The van der Waals surface area contributed by atoms with Gasteiger partial charge in [0.2, 0.25) is 0 Å². The lowest BCUT2D eigenvalue weighted by Gasteiger charge is -2.08. The summed E-state index contributed by atoms with van der Waals surface area (Å²) in [7, 11) is 2.89. The molecule has 0 fully saturated rings. The minimum Gasteiger partial charge on any atom is -0.497 e. The third-order valence-corrected chi connectivity index (χ3v) is 5.02. The first kappa shape index (κ1) is 18.7. The summed E-state index contributed by atoms with van der Waals surface area (Å²) in [5.74, 6) is -0.128. The Labute approximate surface area is 161 Å². The fourth-order valence-electron chi connectivity index (χ4n) is 2.62. The molecule has 0 atom stereocenters. The molecule has 0 saturated carbocycles. The van der Waals surface area contributed by atoms with Gasteiger partial charge in [0.15, 0.2) is 0 Å². The van der Waals surface area contributed by atoms with Crippen LogP contribution in [0.25, 0.3) is 11.1 Å². The highest BCUT2D eigenvalue weighted by Crippen LogP contribution is 2.36. The lowest BCUT2D eigenvalue weighted by molar-refractivity contribution is 0.0603. The molecular weight excluding hydrogens is 362 g/mol. The number of aryl methyl sites for hydroxylation is 1. The monoisotopic (exact) mass is 381 g/mol. The molecule has 5 nitrogen and oxygen atoms in total. The molecule has 0 radical (unpaired) electrons. The Balaban J connectivity index is 1.93. The number of hydrogen-bond acceptors (Lipinski definition) is 5. The Hall–Kier alpha value is -3.12. The molecule has 0 saturated heterocycles. The van der Waals surface area contributed by atoms with Crippen molar-refractivity contribution in [1.29, 1.82) is 0 Å². The van der Waals surface area contributed by atoms with Gasteiger partial charge in [-0.3, -0.25) is 4.79 Å². The Morgan fingerprint density at radius 1 is 0.963 bits per heavy atom. The van der Waals surface area contributed by atoms with E-state index in [9.17, 15) is 9.59 Å². The van der Waals surface area contributed by atoms with Crippen LogP contribution in [0, 0.1) is 6.92 Å². The van der Waals surface area contributed by atoms with E-state index in [1.807, 2.05) is 36.6 Å². The first-order valence-corrected chi connectivity index (χ1v) is 9.13. The number of nitrogens with one attached hydrogen (secondary N) is 1. The molecule has 0 unspecified atom stereocenters. The molecule has 3 rings (SSSR count). The van der Waals surface area contributed by atoms with Crippen molar-refractivity contribution in [1.82, 2.24) is 0 Å². The Morgan fingerprint density at radius 2 is 1.63 bits per heavy atom. The van der Waals surface area contributed by atoms with Gasteiger partial charge in [0, 0.05) is 16.5 Å². The molecule has 1 N–H and O–H groups in total. The van der Waals surface area contributed by atoms with Crippen LogP contribution in [-0.2, 0) is 4.74 Å². The lowest BCUT2D eigenvalue weighted by Crippen LogP contribution is -2.14. The fourth-order valence-corrected chi connectivity index (χ4v) is 3.57. The van der Waals surface area contributed by atoms with Crippen LogP contribution in [0.3, 0.4) is 0 Å². The zero-order valence-corrected chi connectivity index (χ0v) is 16.1. The molecule has 0 bridgehead atoms. The standard InChI is InChI=1S/C21H19NO4S/c1-13-4-6-14(7-5-13)17-12-27-20(18(17)21(24)26-3)22-19(23)15-8-10-16(25-2)11-9-15/h4-12H,1-3H3,(H,22,23). The van der Waals surface area contributed by atoms with Gasteiger partial charge in [-0.2, -0.15) is 0 Å². The number of benzene rings is 2. The molecule has 0 spiro atoms. The number of thiophene rings is 1. The second-order valence-corrected chi connectivity index (χ2v) is 6.77. The van der Waals surface area contributed by atoms with Crippen molar-refractivity contribution in [2.24, 2.45) is 0 Å². The number of carbonyl (C=O) groups excluding carboxylic acids is 2. The zero-order valence-electron chi connectivity index (χ0n) is 15.2. The van der Waals surface area contributed by atoms with Crippen LogP contribution in [0.4, 0.5) is 5.00 Å². The smallest absolute Gasteiger partial charge is 0.341 e. The minimum absolute atomic E-state index is 0.305. The summed E-state index contributed by atoms with van der Waals surface area (Å²) >= 11 is 1.29. The molecule has 1 amide bonds. The molecule has 1 aromatic heterocycles. The number of anilines is 1. The average Bonchev–Trinajstić information content (AvgIpc) is 3.11. The molecule has 3 aromatic rings. The van der Waals surface area contributed by atoms with Gasteiger partial charge in [-0.1, -0.05) is 29.8 Å². The van der Waals surface area contributed by atoms with Crippen molar-refractivity contribution in [3.8, 4) is 16.9 Å². The number of amides is 1. The largest absolute Gasteiger partial charge is 0.497 e. The number of esters is 1. The summed E-state index contributed by atoms with van der Waals surface area (Å²) in [6, 6.07) is 14.6. The maximum Gasteiger partial charge on any atom is 0.341 e. The topological polar surface area (TPSA) is 64.6 Å². The number of carbonyl (C=O) groups is 2. The molecule has 0 aliphatic rings. The molecule has 2 aromatic carbocycles. The summed E-state index contributed by atoms with van der Waals surface area (Å²) < 4.78 is 10.0. The fraction of sp³-hybridized carbons (Fsp3) is 0.143. The lowest BCUT2D eigenvalue weighted by atomic mass is 10.0. The van der Waals surface area contributed by atoms with Crippen LogP contribution < -0.4 is 10.1 Å². The van der Waals surface area contributed by atoms with Gasteiger partial charge in [0.05, 0.1) is 14.2 Å². The van der Waals surface area contributed by atoms with Gasteiger partial charge < -0.3 is 14.8 Å². The van der Waals surface area contributed by atoms with Crippen molar-refractivity contribution in [3.05, 3.63) is 70.6 Å². The second kappa shape index (κ2) is 8.05. The summed E-state index contributed by atoms with van der Waals surface area (Å²) in [4.78, 5) is 24.9. The Kier molecular flexibility index (Phi) is 5.57. The van der Waals surface area contributed by atoms with E-state index in [4.69, 9.17) is 9.47 Å². The van der Waals surface area contributed by atoms with E-state index in [2.05, 4.69) is 5.32 Å². The van der Waals surface area contributed by atoms with Crippen LogP contribution in [0.15, 0.2) is 53.9 Å². The van der Waals surface area contributed by atoms with Gasteiger partial charge in [-0.15, -0.1) is 11.3 Å². The maximum absolute atomic E-state index is 12.6. The Morgan fingerprint density at radius 3 is 2.22 bits per heavy atom. The van der Waals surface area contributed by atoms with E-state index >= 15 is 0 Å². The van der Waals surface area contributed by atoms with Crippen molar-refractivity contribution in [2.75, 3.05) is 19.5 Å². The SMILES string of the molecule is COC(=O)c1c(-c2ccc(C)cc2)csc1NC(=O)c1ccc(OC)cc1. The van der Waals surface area contributed by atoms with E-state index in [1.165, 1.54) is 18.4 Å². The number of ether oxygens (including phenoxy) is 2. The van der Waals surface area contributed by atoms with Gasteiger partial charge in [-0.25, -0.2) is 4.79 Å². The predicted molar refractivity (Wildman–Crippen MR) is 107 cm³/mol. The number of methoxy groups -OCH3 is 2. The molecule has 138 valence electrons. The minimum atomic E-state index is -0.489. The zero-order chi connectivity index (χ0) is 19.4. The first-order chi connectivity index (χ1) is 13.0. The van der Waals surface area contributed by atoms with Crippen molar-refractivity contribution < 1.29 is 19.1 Å². The van der Waals surface area contributed by atoms with Crippen LogP contribution in [0.1, 0.15) is 26.3 Å². The van der Waals surface area contributed by atoms with Crippen molar-refractivity contribution in [2.45, 2.75) is 6.92 Å². The molecule has 6 heteroatoms. The quantitative estimate of drug-likeness (QED) is 0.647. The Bertz CT molecular complexity index is 959. The molecular formula is C21H19NO4S. The average molecular weight is 381 g/mol. The highest BCUT2D eigenvalue weighted by Gasteiger charge is 2.22. The third-order valence-electron chi connectivity index (χ3n) is 4.12. The van der Waals surface area contributed by atoms with Crippen molar-refractivity contribution >= 4 is 28.2 Å². The van der Waals surface area contributed by atoms with Gasteiger partial charge in [0.1, 0.15) is 16.3 Å². The molecule has 1 heterocycles. The number of hydrogen-bond donors (Lipinski definition) is 1. The molecule has 0 aliphatic heterocycles. The number of rotatable bonds is 5. The highest BCUT2D eigenvalue weighted by atomic mass is 32.1. The van der Waals surface area contributed by atoms with Crippen LogP contribution >= 0.6 is 11.3 Å². The van der Waals surface area contributed by atoms with Crippen molar-refractivity contribution in [3.63, 3.8) is 0 Å². The predicted octanol–water partition coefficient (Wildman–Crippen LogP) is 4.77. The summed E-state index contributed by atoms with van der Waals surface area (Å²) in [5.41, 5.74) is 3.57. The van der Waals surface area contributed by atoms with Gasteiger partial charge in [0.25, 0.3) is 5.91 Å². The summed E-state index contributed by atoms with van der Waals surface area (Å²) in [6.45, 7) is 2.00. The summed E-state index contributed by atoms with van der Waals surface area (Å²) in [6.07, 6.45) is 0. The van der Waals surface area contributed by atoms with E-state index in [-0.39, 0.29) is 5.91 Å². The van der Waals surface area contributed by atoms with E-state index in [1.54, 1.807) is 31.4 Å². The first-order valence-electron chi connectivity index (χ1n) is 8.25. The van der Waals surface area contributed by atoms with Crippen LogP contribution in [0.5, 0.6) is 5.75 Å². The van der Waals surface area contributed by atoms with E-state index < -0.39 is 5.97 Å². The maximum atomic E-state index is 12.6. The second-order valence-electron chi connectivity index (χ2n) is 5.89. The van der Waals surface area contributed by atoms with E-state index in [0.29, 0.717) is 21.9 Å². The molecule has 27 heavy (non-hydrogen) atoms. The van der Waals surface area contributed by atoms with Gasteiger partial charge >= 0.3 is 5.97 Å². The summed E-state index contributed by atoms with van der Waals surface area (Å²) in [5, 5.41) is 5.12. The van der Waals surface area contributed by atoms with Crippen LogP contribution in [0.2, 0.25) is 0 Å². The highest BCUT2D eigenvalue weighted by molar-refractivity contribution is 7.15. The molecule has 0 aliphatic carbocycles. The van der Waals surface area contributed by atoms with E-state index in [0.717, 1.165) is 16.7 Å².